The molecule has 0 fully saturated rings. The van der Waals surface area contributed by atoms with Gasteiger partial charge in [0.2, 0.25) is 0 Å². The Morgan fingerprint density at radius 3 is 1.64 bits per heavy atom. The van der Waals surface area contributed by atoms with Crippen molar-refractivity contribution in [2.24, 2.45) is 17.6 Å². The molecule has 0 saturated carbocycles. The second kappa shape index (κ2) is 8.28. The van der Waals surface area contributed by atoms with Crippen LogP contribution in [0, 0.1) is 11.8 Å². The van der Waals surface area contributed by atoms with E-state index in [1.54, 1.807) is 0 Å². The van der Waals surface area contributed by atoms with Crippen molar-refractivity contribution in [3.8, 4) is 0 Å². The Hall–Kier alpha value is -0.0400. The van der Waals surface area contributed by atoms with Crippen LogP contribution in [-0.2, 0) is 0 Å². The SMILES string of the molecule is CCCC(C)C(N)C(CCC)CCC. The van der Waals surface area contributed by atoms with Gasteiger partial charge in [0.1, 0.15) is 0 Å². The Morgan fingerprint density at radius 2 is 1.29 bits per heavy atom. The molecule has 0 heterocycles. The summed E-state index contributed by atoms with van der Waals surface area (Å²) in [6.07, 6.45) is 7.71. The standard InChI is InChI=1S/C13H29N/c1-5-8-11(4)13(14)12(9-6-2)10-7-3/h11-13H,5-10,14H2,1-4H3. The number of rotatable bonds is 8. The number of nitrogens with two attached hydrogens (primary N) is 1. The molecule has 0 amide bonds. The van der Waals surface area contributed by atoms with Gasteiger partial charge in [-0.1, -0.05) is 47.0 Å². The monoisotopic (exact) mass is 199 g/mol. The predicted molar refractivity (Wildman–Crippen MR) is 65.4 cm³/mol. The highest BCUT2D eigenvalue weighted by atomic mass is 14.7. The molecule has 2 N–H and O–H groups in total. The molecule has 0 radical (unpaired) electrons. The fraction of sp³-hybridized carbons (Fsp3) is 1.00. The van der Waals surface area contributed by atoms with Crippen molar-refractivity contribution in [3.63, 3.8) is 0 Å². The lowest BCUT2D eigenvalue weighted by atomic mass is 9.82. The Balaban J connectivity index is 4.03. The van der Waals surface area contributed by atoms with E-state index in [9.17, 15) is 0 Å². The van der Waals surface area contributed by atoms with Crippen LogP contribution in [0.4, 0.5) is 0 Å². The van der Waals surface area contributed by atoms with Crippen molar-refractivity contribution in [1.82, 2.24) is 0 Å². The van der Waals surface area contributed by atoms with Crippen LogP contribution in [0.3, 0.4) is 0 Å². The quantitative estimate of drug-likeness (QED) is 0.629. The molecule has 2 atom stereocenters. The van der Waals surface area contributed by atoms with E-state index in [4.69, 9.17) is 5.73 Å². The van der Waals surface area contributed by atoms with Crippen LogP contribution in [0.2, 0.25) is 0 Å². The molecule has 0 aromatic rings. The van der Waals surface area contributed by atoms with Crippen LogP contribution in [0.15, 0.2) is 0 Å². The summed E-state index contributed by atoms with van der Waals surface area (Å²) in [5.41, 5.74) is 6.32. The first-order valence-electron chi connectivity index (χ1n) is 6.42. The molecule has 86 valence electrons. The summed E-state index contributed by atoms with van der Waals surface area (Å²) in [7, 11) is 0. The van der Waals surface area contributed by atoms with Crippen molar-refractivity contribution in [3.05, 3.63) is 0 Å². The van der Waals surface area contributed by atoms with Gasteiger partial charge in [0.15, 0.2) is 0 Å². The Morgan fingerprint density at radius 1 is 0.857 bits per heavy atom. The minimum Gasteiger partial charge on any atom is -0.327 e. The fourth-order valence-electron chi connectivity index (χ4n) is 2.38. The molecule has 14 heavy (non-hydrogen) atoms. The van der Waals surface area contributed by atoms with E-state index in [2.05, 4.69) is 27.7 Å². The van der Waals surface area contributed by atoms with Crippen molar-refractivity contribution in [2.45, 2.75) is 72.3 Å². The van der Waals surface area contributed by atoms with Gasteiger partial charge in [-0.2, -0.15) is 0 Å². The lowest BCUT2D eigenvalue weighted by Gasteiger charge is -2.28. The molecule has 0 bridgehead atoms. The Bertz CT molecular complexity index is 116. The van der Waals surface area contributed by atoms with Crippen molar-refractivity contribution >= 4 is 0 Å². The van der Waals surface area contributed by atoms with E-state index in [-0.39, 0.29) is 0 Å². The van der Waals surface area contributed by atoms with Crippen LogP contribution in [0.5, 0.6) is 0 Å². The summed E-state index contributed by atoms with van der Waals surface area (Å²) in [4.78, 5) is 0. The first kappa shape index (κ1) is 14.0. The summed E-state index contributed by atoms with van der Waals surface area (Å²) in [5, 5.41) is 0. The molecule has 1 nitrogen and oxygen atoms in total. The fourth-order valence-corrected chi connectivity index (χ4v) is 2.38. The maximum Gasteiger partial charge on any atom is 0.00929 e. The third kappa shape index (κ3) is 4.99. The third-order valence-corrected chi connectivity index (χ3v) is 3.26. The highest BCUT2D eigenvalue weighted by Gasteiger charge is 2.21. The summed E-state index contributed by atoms with van der Waals surface area (Å²) >= 11 is 0. The molecule has 0 aromatic carbocycles. The van der Waals surface area contributed by atoms with Crippen LogP contribution < -0.4 is 5.73 Å². The lowest BCUT2D eigenvalue weighted by Crippen LogP contribution is -2.36. The van der Waals surface area contributed by atoms with E-state index in [0.29, 0.717) is 12.0 Å². The summed E-state index contributed by atoms with van der Waals surface area (Å²) in [6, 6.07) is 0.426. The van der Waals surface area contributed by atoms with Gasteiger partial charge in [-0.05, 0) is 31.1 Å². The molecular formula is C13H29N. The average Bonchev–Trinajstić information content (AvgIpc) is 2.17. The maximum atomic E-state index is 6.32. The second-order valence-electron chi connectivity index (χ2n) is 4.68. The van der Waals surface area contributed by atoms with E-state index in [1.165, 1.54) is 38.5 Å². The number of hydrogen-bond donors (Lipinski definition) is 1. The molecule has 0 saturated heterocycles. The highest BCUT2D eigenvalue weighted by Crippen LogP contribution is 2.23. The van der Waals surface area contributed by atoms with Crippen molar-refractivity contribution in [2.75, 3.05) is 0 Å². The first-order chi connectivity index (χ1) is 6.67. The molecule has 0 aliphatic rings. The zero-order chi connectivity index (χ0) is 11.0. The normalized spacial score (nSPS) is 15.9. The molecule has 0 aliphatic carbocycles. The predicted octanol–water partition coefficient (Wildman–Crippen LogP) is 3.97. The molecule has 0 aromatic heterocycles. The minimum atomic E-state index is 0.426. The highest BCUT2D eigenvalue weighted by molar-refractivity contribution is 4.77. The number of hydrogen-bond acceptors (Lipinski definition) is 1. The van der Waals surface area contributed by atoms with Gasteiger partial charge < -0.3 is 5.73 Å². The smallest absolute Gasteiger partial charge is 0.00929 e. The van der Waals surface area contributed by atoms with Crippen LogP contribution in [-0.4, -0.2) is 6.04 Å². The summed E-state index contributed by atoms with van der Waals surface area (Å²) < 4.78 is 0. The van der Waals surface area contributed by atoms with Crippen LogP contribution >= 0.6 is 0 Å². The molecule has 2 unspecified atom stereocenters. The Kier molecular flexibility index (Phi) is 8.26. The molecule has 0 spiro atoms. The first-order valence-corrected chi connectivity index (χ1v) is 6.42. The van der Waals surface area contributed by atoms with E-state index in [1.807, 2.05) is 0 Å². The largest absolute Gasteiger partial charge is 0.327 e. The molecule has 0 rings (SSSR count). The molecule has 1 heteroatoms. The average molecular weight is 199 g/mol. The lowest BCUT2D eigenvalue weighted by molar-refractivity contribution is 0.278. The zero-order valence-electron chi connectivity index (χ0n) is 10.6. The third-order valence-electron chi connectivity index (χ3n) is 3.26. The summed E-state index contributed by atoms with van der Waals surface area (Å²) in [6.45, 7) is 9.09. The minimum absolute atomic E-state index is 0.426. The van der Waals surface area contributed by atoms with Gasteiger partial charge >= 0.3 is 0 Å². The molecule has 0 aliphatic heterocycles. The topological polar surface area (TPSA) is 26.0 Å². The van der Waals surface area contributed by atoms with Crippen molar-refractivity contribution < 1.29 is 0 Å². The van der Waals surface area contributed by atoms with Gasteiger partial charge in [-0.15, -0.1) is 0 Å². The van der Waals surface area contributed by atoms with E-state index >= 15 is 0 Å². The van der Waals surface area contributed by atoms with Crippen molar-refractivity contribution in [1.29, 1.82) is 0 Å². The summed E-state index contributed by atoms with van der Waals surface area (Å²) in [5.74, 6) is 1.45. The van der Waals surface area contributed by atoms with E-state index in [0.717, 1.165) is 5.92 Å². The second-order valence-corrected chi connectivity index (χ2v) is 4.68. The Labute approximate surface area is 90.5 Å². The van der Waals surface area contributed by atoms with Crippen LogP contribution in [0.25, 0.3) is 0 Å². The van der Waals surface area contributed by atoms with Crippen LogP contribution in [0.1, 0.15) is 66.2 Å². The van der Waals surface area contributed by atoms with Gasteiger partial charge in [0, 0.05) is 6.04 Å². The molecular weight excluding hydrogens is 170 g/mol. The van der Waals surface area contributed by atoms with Gasteiger partial charge in [0.25, 0.3) is 0 Å². The van der Waals surface area contributed by atoms with Gasteiger partial charge in [-0.25, -0.2) is 0 Å². The maximum absolute atomic E-state index is 6.32. The van der Waals surface area contributed by atoms with E-state index < -0.39 is 0 Å². The zero-order valence-corrected chi connectivity index (χ0v) is 10.6. The van der Waals surface area contributed by atoms with Gasteiger partial charge in [-0.3, -0.25) is 0 Å². The van der Waals surface area contributed by atoms with Gasteiger partial charge in [0.05, 0.1) is 0 Å².